The zero-order valence-electron chi connectivity index (χ0n) is 14.8. The van der Waals surface area contributed by atoms with Gasteiger partial charge in [-0.3, -0.25) is 4.79 Å². The van der Waals surface area contributed by atoms with Crippen LogP contribution in [0.4, 0.5) is 4.79 Å². The Kier molecular flexibility index (Phi) is 5.51. The third-order valence-corrected chi connectivity index (χ3v) is 4.74. The molecule has 1 N–H and O–H groups in total. The summed E-state index contributed by atoms with van der Waals surface area (Å²) < 4.78 is 10.6. The van der Waals surface area contributed by atoms with E-state index in [1.165, 1.54) is 0 Å². The van der Waals surface area contributed by atoms with Crippen molar-refractivity contribution in [2.45, 2.75) is 58.6 Å². The molecule has 1 unspecified atom stereocenters. The number of likely N-dealkylation sites (tertiary alicyclic amines) is 1. The Balaban J connectivity index is 2.16. The summed E-state index contributed by atoms with van der Waals surface area (Å²) in [6, 6.07) is 0.0187. The summed E-state index contributed by atoms with van der Waals surface area (Å²) in [5.41, 5.74) is -0.154. The maximum absolute atomic E-state index is 12.7. The lowest BCUT2D eigenvalue weighted by Crippen LogP contribution is -2.51. The molecule has 134 valence electrons. The molecule has 0 saturated carbocycles. The smallest absolute Gasteiger partial charge is 0.409 e. The molecule has 0 aromatic heterocycles. The maximum atomic E-state index is 12.7. The number of esters is 1. The van der Waals surface area contributed by atoms with Crippen molar-refractivity contribution in [3.05, 3.63) is 11.1 Å². The number of piperidine rings is 1. The van der Waals surface area contributed by atoms with Crippen LogP contribution in [0, 0.1) is 0 Å². The molecule has 7 nitrogen and oxygen atoms in total. The first-order valence-corrected chi connectivity index (χ1v) is 8.52. The van der Waals surface area contributed by atoms with Crippen LogP contribution in [-0.4, -0.2) is 54.2 Å². The van der Waals surface area contributed by atoms with Crippen LogP contribution in [0.1, 0.15) is 47.0 Å². The van der Waals surface area contributed by atoms with Gasteiger partial charge in [-0.25, -0.2) is 9.59 Å². The predicted octanol–water partition coefficient (Wildman–Crippen LogP) is 1.77. The van der Waals surface area contributed by atoms with E-state index in [1.54, 1.807) is 18.7 Å². The summed E-state index contributed by atoms with van der Waals surface area (Å²) in [6.07, 6.45) is 1.23. The molecule has 0 aromatic rings. The Hall–Kier alpha value is -2.05. The van der Waals surface area contributed by atoms with Crippen LogP contribution in [0.2, 0.25) is 0 Å². The molecule has 1 fully saturated rings. The minimum absolute atomic E-state index is 0.0187. The van der Waals surface area contributed by atoms with Gasteiger partial charge < -0.3 is 19.7 Å². The van der Waals surface area contributed by atoms with E-state index in [0.29, 0.717) is 43.7 Å². The lowest BCUT2D eigenvalue weighted by atomic mass is 9.82. The Morgan fingerprint density at radius 3 is 2.50 bits per heavy atom. The SMILES string of the molecule is CCOC(=O)N1CCC2(CC1)OC(=O)C(C)=C2C(=O)NC(C)CC. The quantitative estimate of drug-likeness (QED) is 0.790. The van der Waals surface area contributed by atoms with Gasteiger partial charge >= 0.3 is 12.1 Å². The molecule has 1 atom stereocenters. The number of carbonyl (C=O) groups excluding carboxylic acids is 3. The van der Waals surface area contributed by atoms with Gasteiger partial charge in [-0.15, -0.1) is 0 Å². The molecule has 2 heterocycles. The van der Waals surface area contributed by atoms with Gasteiger partial charge in [0.25, 0.3) is 5.91 Å². The van der Waals surface area contributed by atoms with E-state index in [-0.39, 0.29) is 18.0 Å². The van der Waals surface area contributed by atoms with Gasteiger partial charge in [-0.05, 0) is 27.2 Å². The highest BCUT2D eigenvalue weighted by Crippen LogP contribution is 2.41. The van der Waals surface area contributed by atoms with Crippen molar-refractivity contribution in [2.24, 2.45) is 0 Å². The van der Waals surface area contributed by atoms with Gasteiger partial charge in [0.2, 0.25) is 0 Å². The van der Waals surface area contributed by atoms with Gasteiger partial charge in [0.05, 0.1) is 12.2 Å². The Bertz CT molecular complexity index is 561. The highest BCUT2D eigenvalue weighted by molar-refractivity contribution is 6.07. The topological polar surface area (TPSA) is 84.9 Å². The molecule has 0 aliphatic carbocycles. The Morgan fingerprint density at radius 1 is 1.33 bits per heavy atom. The number of nitrogens with one attached hydrogen (secondary N) is 1. The summed E-state index contributed by atoms with van der Waals surface area (Å²) in [4.78, 5) is 38.1. The van der Waals surface area contributed by atoms with Gasteiger partial charge in [0.15, 0.2) is 0 Å². The molecule has 2 aliphatic heterocycles. The van der Waals surface area contributed by atoms with Crippen LogP contribution in [0.5, 0.6) is 0 Å². The van der Waals surface area contributed by atoms with Crippen LogP contribution in [0.3, 0.4) is 0 Å². The molecule has 1 spiro atoms. The number of carbonyl (C=O) groups is 3. The number of hydrogen-bond donors (Lipinski definition) is 1. The molecule has 1 saturated heterocycles. The molecule has 0 aromatic carbocycles. The lowest BCUT2D eigenvalue weighted by Gasteiger charge is -2.38. The second-order valence-corrected chi connectivity index (χ2v) is 6.35. The van der Waals surface area contributed by atoms with Crippen LogP contribution >= 0.6 is 0 Å². The van der Waals surface area contributed by atoms with Crippen LogP contribution in [0.15, 0.2) is 11.1 Å². The van der Waals surface area contributed by atoms with E-state index < -0.39 is 11.6 Å². The largest absolute Gasteiger partial charge is 0.450 e. The normalized spacial score (nSPS) is 20.8. The monoisotopic (exact) mass is 338 g/mol. The molecule has 7 heteroatoms. The van der Waals surface area contributed by atoms with Crippen LogP contribution in [-0.2, 0) is 19.1 Å². The van der Waals surface area contributed by atoms with Crippen molar-refractivity contribution in [1.29, 1.82) is 0 Å². The van der Waals surface area contributed by atoms with Crippen LogP contribution in [0.25, 0.3) is 0 Å². The zero-order valence-corrected chi connectivity index (χ0v) is 14.8. The van der Waals surface area contributed by atoms with Crippen molar-refractivity contribution < 1.29 is 23.9 Å². The number of nitrogens with zero attached hydrogens (tertiary/aromatic N) is 1. The van der Waals surface area contributed by atoms with E-state index >= 15 is 0 Å². The fraction of sp³-hybridized carbons (Fsp3) is 0.706. The van der Waals surface area contributed by atoms with Crippen molar-refractivity contribution in [3.8, 4) is 0 Å². The molecule has 2 rings (SSSR count). The number of hydrogen-bond acceptors (Lipinski definition) is 5. The fourth-order valence-electron chi connectivity index (χ4n) is 3.14. The Labute approximate surface area is 142 Å². The third-order valence-electron chi connectivity index (χ3n) is 4.74. The van der Waals surface area contributed by atoms with Gasteiger partial charge in [0, 0.05) is 37.5 Å². The van der Waals surface area contributed by atoms with E-state index in [0.717, 1.165) is 6.42 Å². The molecule has 0 radical (unpaired) electrons. The summed E-state index contributed by atoms with van der Waals surface area (Å²) >= 11 is 0. The lowest BCUT2D eigenvalue weighted by molar-refractivity contribution is -0.150. The van der Waals surface area contributed by atoms with E-state index in [2.05, 4.69) is 5.32 Å². The van der Waals surface area contributed by atoms with E-state index in [1.807, 2.05) is 13.8 Å². The summed E-state index contributed by atoms with van der Waals surface area (Å²) in [6.45, 7) is 8.37. The highest BCUT2D eigenvalue weighted by Gasteiger charge is 2.51. The fourth-order valence-corrected chi connectivity index (χ4v) is 3.14. The number of amides is 2. The van der Waals surface area contributed by atoms with Crippen LogP contribution < -0.4 is 5.32 Å². The minimum atomic E-state index is -0.929. The standard InChI is InChI=1S/C17H26N2O5/c1-5-11(3)18-14(20)13-12(4)15(21)24-17(13)7-9-19(10-8-17)16(22)23-6-2/h11H,5-10H2,1-4H3,(H,18,20). The molecule has 0 bridgehead atoms. The second kappa shape index (κ2) is 7.23. The highest BCUT2D eigenvalue weighted by atomic mass is 16.6. The van der Waals surface area contributed by atoms with Gasteiger partial charge in [-0.1, -0.05) is 6.92 Å². The first-order valence-electron chi connectivity index (χ1n) is 8.52. The molecular weight excluding hydrogens is 312 g/mol. The number of ether oxygens (including phenoxy) is 2. The third kappa shape index (κ3) is 3.39. The summed E-state index contributed by atoms with van der Waals surface area (Å²) in [7, 11) is 0. The van der Waals surface area contributed by atoms with Gasteiger partial charge in [0.1, 0.15) is 5.60 Å². The molecule has 24 heavy (non-hydrogen) atoms. The molecule has 2 amide bonds. The Morgan fingerprint density at radius 2 is 1.96 bits per heavy atom. The number of rotatable bonds is 4. The first kappa shape index (κ1) is 18.3. The summed E-state index contributed by atoms with van der Waals surface area (Å²) in [5, 5.41) is 2.91. The predicted molar refractivity (Wildman–Crippen MR) is 87.2 cm³/mol. The van der Waals surface area contributed by atoms with Crippen molar-refractivity contribution >= 4 is 18.0 Å². The first-order chi connectivity index (χ1) is 11.3. The maximum Gasteiger partial charge on any atom is 0.409 e. The van der Waals surface area contributed by atoms with Crippen molar-refractivity contribution in [1.82, 2.24) is 10.2 Å². The molecule has 2 aliphatic rings. The second-order valence-electron chi connectivity index (χ2n) is 6.35. The average Bonchev–Trinajstić information content (AvgIpc) is 2.78. The van der Waals surface area contributed by atoms with Crippen molar-refractivity contribution in [2.75, 3.05) is 19.7 Å². The van der Waals surface area contributed by atoms with E-state index in [4.69, 9.17) is 9.47 Å². The zero-order chi connectivity index (χ0) is 17.9. The van der Waals surface area contributed by atoms with E-state index in [9.17, 15) is 14.4 Å². The molecular formula is C17H26N2O5. The average molecular weight is 338 g/mol. The minimum Gasteiger partial charge on any atom is -0.450 e. The van der Waals surface area contributed by atoms with Crippen molar-refractivity contribution in [3.63, 3.8) is 0 Å². The summed E-state index contributed by atoms with van der Waals surface area (Å²) in [5.74, 6) is -0.703. The van der Waals surface area contributed by atoms with Gasteiger partial charge in [-0.2, -0.15) is 0 Å².